The third kappa shape index (κ3) is 3.82. The van der Waals surface area contributed by atoms with Crippen LogP contribution in [-0.2, 0) is 7.05 Å². The van der Waals surface area contributed by atoms with Gasteiger partial charge in [0.25, 0.3) is 5.91 Å². The van der Waals surface area contributed by atoms with Gasteiger partial charge < -0.3 is 9.42 Å². The molecule has 1 aliphatic heterocycles. The lowest BCUT2D eigenvalue weighted by molar-refractivity contribution is 0.0636. The summed E-state index contributed by atoms with van der Waals surface area (Å²) < 4.78 is 7.12. The second-order valence-electron chi connectivity index (χ2n) is 7.73. The van der Waals surface area contributed by atoms with E-state index < -0.39 is 0 Å². The molecule has 26 heavy (non-hydrogen) atoms. The first-order valence-electron chi connectivity index (χ1n) is 9.27. The van der Waals surface area contributed by atoms with E-state index in [1.807, 2.05) is 38.8 Å². The molecule has 7 heteroatoms. The second-order valence-corrected chi connectivity index (χ2v) is 7.73. The Morgan fingerprint density at radius 1 is 1.42 bits per heavy atom. The smallest absolute Gasteiger partial charge is 0.275 e. The Kier molecular flexibility index (Phi) is 5.46. The van der Waals surface area contributed by atoms with Gasteiger partial charge in [-0.2, -0.15) is 5.10 Å². The number of aryl methyl sites for hydroxylation is 1. The highest BCUT2D eigenvalue weighted by Gasteiger charge is 2.33. The number of rotatable bonds is 5. The van der Waals surface area contributed by atoms with Gasteiger partial charge in [0.2, 0.25) is 0 Å². The van der Waals surface area contributed by atoms with Crippen LogP contribution in [0.2, 0.25) is 0 Å². The van der Waals surface area contributed by atoms with Crippen molar-refractivity contribution in [3.8, 4) is 0 Å². The number of hydrogen-bond acceptors (Lipinski definition) is 5. The van der Waals surface area contributed by atoms with Crippen LogP contribution < -0.4 is 0 Å². The molecule has 0 spiro atoms. The Labute approximate surface area is 154 Å². The molecule has 3 heterocycles. The molecule has 142 valence electrons. The lowest BCUT2D eigenvalue weighted by Gasteiger charge is -2.40. The van der Waals surface area contributed by atoms with Crippen molar-refractivity contribution < 1.29 is 9.32 Å². The van der Waals surface area contributed by atoms with Crippen LogP contribution in [0.15, 0.2) is 23.0 Å². The van der Waals surface area contributed by atoms with E-state index >= 15 is 0 Å². The van der Waals surface area contributed by atoms with E-state index in [0.717, 1.165) is 25.1 Å². The summed E-state index contributed by atoms with van der Waals surface area (Å²) in [7, 11) is 5.94. The zero-order valence-corrected chi connectivity index (χ0v) is 16.3. The molecule has 2 aromatic heterocycles. The maximum atomic E-state index is 12.8. The van der Waals surface area contributed by atoms with Gasteiger partial charge in [-0.3, -0.25) is 14.4 Å². The van der Waals surface area contributed by atoms with Crippen LogP contribution in [0.4, 0.5) is 0 Å². The molecule has 7 nitrogen and oxygen atoms in total. The highest BCUT2D eigenvalue weighted by Crippen LogP contribution is 2.35. The summed E-state index contributed by atoms with van der Waals surface area (Å²) in [6, 6.07) is 2.03. The van der Waals surface area contributed by atoms with Crippen LogP contribution in [0.5, 0.6) is 0 Å². The third-order valence-corrected chi connectivity index (χ3v) is 5.25. The molecule has 3 rings (SSSR count). The van der Waals surface area contributed by atoms with E-state index in [4.69, 9.17) is 4.52 Å². The van der Waals surface area contributed by atoms with Crippen LogP contribution in [0.1, 0.15) is 60.5 Å². The van der Waals surface area contributed by atoms with Gasteiger partial charge in [-0.1, -0.05) is 19.0 Å². The normalized spacial score (nSPS) is 21.3. The van der Waals surface area contributed by atoms with Crippen LogP contribution >= 0.6 is 0 Å². The monoisotopic (exact) mass is 359 g/mol. The zero-order chi connectivity index (χ0) is 18.8. The molecule has 2 aromatic rings. The first kappa shape index (κ1) is 18.6. The Morgan fingerprint density at radius 3 is 2.81 bits per heavy atom. The largest absolute Gasteiger partial charge is 0.360 e. The molecule has 0 radical (unpaired) electrons. The molecule has 0 aromatic carbocycles. The standard InChI is InChI=1S/C19H29N5O2/c1-13(2)17-9-16(21-26-17)19(25)23(4)11-14-7-6-8-22(3)18(14)15-10-20-24(5)12-15/h9-10,12-14,18H,6-8,11H2,1-5H3/t14-,18+/m0/s1. The minimum atomic E-state index is -0.0844. The highest BCUT2D eigenvalue weighted by atomic mass is 16.5. The average Bonchev–Trinajstić information content (AvgIpc) is 3.23. The van der Waals surface area contributed by atoms with Crippen LogP contribution in [-0.4, -0.2) is 57.8 Å². The number of carbonyl (C=O) groups excluding carboxylic acids is 1. The fraction of sp³-hybridized carbons (Fsp3) is 0.632. The molecule has 1 amide bonds. The zero-order valence-electron chi connectivity index (χ0n) is 16.3. The number of nitrogens with zero attached hydrogens (tertiary/aromatic N) is 5. The molecular weight excluding hydrogens is 330 g/mol. The summed E-state index contributed by atoms with van der Waals surface area (Å²) in [5.74, 6) is 1.24. The van der Waals surface area contributed by atoms with Crippen molar-refractivity contribution in [2.75, 3.05) is 27.2 Å². The minimum Gasteiger partial charge on any atom is -0.360 e. The van der Waals surface area contributed by atoms with Gasteiger partial charge in [0.05, 0.1) is 6.20 Å². The topological polar surface area (TPSA) is 67.4 Å². The maximum absolute atomic E-state index is 12.8. The Bertz CT molecular complexity index is 751. The number of aromatic nitrogens is 3. The highest BCUT2D eigenvalue weighted by molar-refractivity contribution is 5.92. The van der Waals surface area contributed by atoms with Gasteiger partial charge in [-0.05, 0) is 32.4 Å². The summed E-state index contributed by atoms with van der Waals surface area (Å²) >= 11 is 0. The SMILES string of the molecule is CC(C)c1cc(C(=O)N(C)C[C@@H]2CCCN(C)[C@H]2c2cnn(C)c2)no1. The predicted octanol–water partition coefficient (Wildman–Crippen LogP) is 2.69. The third-order valence-electron chi connectivity index (χ3n) is 5.25. The quantitative estimate of drug-likeness (QED) is 0.821. The number of piperidine rings is 1. The molecule has 0 unspecified atom stereocenters. The summed E-state index contributed by atoms with van der Waals surface area (Å²) in [6.07, 6.45) is 6.25. The van der Waals surface area contributed by atoms with E-state index in [1.54, 1.807) is 11.0 Å². The fourth-order valence-electron chi connectivity index (χ4n) is 3.86. The first-order chi connectivity index (χ1) is 12.4. The van der Waals surface area contributed by atoms with Gasteiger partial charge in [0.1, 0.15) is 5.76 Å². The van der Waals surface area contributed by atoms with Crippen molar-refractivity contribution in [2.45, 2.75) is 38.6 Å². The predicted molar refractivity (Wildman–Crippen MR) is 98.9 cm³/mol. The van der Waals surface area contributed by atoms with E-state index in [-0.39, 0.29) is 17.9 Å². The van der Waals surface area contributed by atoms with E-state index in [1.165, 1.54) is 5.56 Å². The lowest BCUT2D eigenvalue weighted by atomic mass is 9.85. The summed E-state index contributed by atoms with van der Waals surface area (Å²) in [5, 5.41) is 8.29. The molecule has 2 atom stereocenters. The summed E-state index contributed by atoms with van der Waals surface area (Å²) in [6.45, 7) is 5.80. The molecular formula is C19H29N5O2. The Hall–Kier alpha value is -2.15. The van der Waals surface area contributed by atoms with Gasteiger partial charge in [0.15, 0.2) is 5.69 Å². The number of hydrogen-bond donors (Lipinski definition) is 0. The first-order valence-corrected chi connectivity index (χ1v) is 9.27. The van der Waals surface area contributed by atoms with Crippen molar-refractivity contribution in [3.63, 3.8) is 0 Å². The number of likely N-dealkylation sites (tertiary alicyclic amines) is 1. The van der Waals surface area contributed by atoms with Gasteiger partial charge in [0, 0.05) is 50.4 Å². The van der Waals surface area contributed by atoms with Gasteiger partial charge in [-0.15, -0.1) is 0 Å². The second kappa shape index (κ2) is 7.61. The van der Waals surface area contributed by atoms with E-state index in [0.29, 0.717) is 18.2 Å². The van der Waals surface area contributed by atoms with Crippen LogP contribution in [0.25, 0.3) is 0 Å². The van der Waals surface area contributed by atoms with E-state index in [9.17, 15) is 4.79 Å². The number of carbonyl (C=O) groups is 1. The van der Waals surface area contributed by atoms with Crippen molar-refractivity contribution in [2.24, 2.45) is 13.0 Å². The molecule has 0 N–H and O–H groups in total. The molecule has 1 fully saturated rings. The van der Waals surface area contributed by atoms with Crippen molar-refractivity contribution >= 4 is 5.91 Å². The fourth-order valence-corrected chi connectivity index (χ4v) is 3.86. The van der Waals surface area contributed by atoms with Crippen LogP contribution in [0.3, 0.4) is 0 Å². The number of amides is 1. The molecule has 0 bridgehead atoms. The maximum Gasteiger partial charge on any atom is 0.275 e. The van der Waals surface area contributed by atoms with Crippen molar-refractivity contribution in [1.29, 1.82) is 0 Å². The summed E-state index contributed by atoms with van der Waals surface area (Å²) in [5.41, 5.74) is 1.60. The Morgan fingerprint density at radius 2 is 2.19 bits per heavy atom. The summed E-state index contributed by atoms with van der Waals surface area (Å²) in [4.78, 5) is 16.9. The molecule has 0 saturated carbocycles. The van der Waals surface area contributed by atoms with Crippen molar-refractivity contribution in [3.05, 3.63) is 35.5 Å². The van der Waals surface area contributed by atoms with Gasteiger partial charge in [-0.25, -0.2) is 0 Å². The van der Waals surface area contributed by atoms with Crippen LogP contribution in [0, 0.1) is 5.92 Å². The molecule has 1 saturated heterocycles. The van der Waals surface area contributed by atoms with Gasteiger partial charge >= 0.3 is 0 Å². The average molecular weight is 359 g/mol. The van der Waals surface area contributed by atoms with E-state index in [2.05, 4.69) is 28.4 Å². The lowest BCUT2D eigenvalue weighted by Crippen LogP contribution is -2.42. The molecule has 1 aliphatic rings. The molecule has 0 aliphatic carbocycles. The Balaban J connectivity index is 1.73. The minimum absolute atomic E-state index is 0.0844. The van der Waals surface area contributed by atoms with Crippen molar-refractivity contribution in [1.82, 2.24) is 24.7 Å².